The first-order chi connectivity index (χ1) is 7.75. The maximum atomic E-state index is 13.4. The molecule has 3 atom stereocenters. The third kappa shape index (κ3) is 6.32. The van der Waals surface area contributed by atoms with Crippen LogP contribution in [-0.2, 0) is 23.9 Å². The van der Waals surface area contributed by atoms with Crippen molar-refractivity contribution in [3.05, 3.63) is 0 Å². The summed E-state index contributed by atoms with van der Waals surface area (Å²) in [5.41, 5.74) is 0. The lowest BCUT2D eigenvalue weighted by molar-refractivity contribution is -0.164. The van der Waals surface area contributed by atoms with Crippen LogP contribution in [0.4, 0.5) is 4.39 Å². The quantitative estimate of drug-likeness (QED) is 0.552. The fourth-order valence-electron chi connectivity index (χ4n) is 0.952. The molecule has 1 N–H and O–H groups in total. The number of carbonyl (C=O) groups excluding carboxylic acids is 3. The van der Waals surface area contributed by atoms with Crippen LogP contribution in [0.3, 0.4) is 0 Å². The van der Waals surface area contributed by atoms with Crippen LogP contribution in [0.5, 0.6) is 0 Å². The van der Waals surface area contributed by atoms with Crippen molar-refractivity contribution in [1.29, 1.82) is 0 Å². The van der Waals surface area contributed by atoms with Gasteiger partial charge in [0.1, 0.15) is 12.7 Å². The number of rotatable bonds is 6. The van der Waals surface area contributed by atoms with Crippen LogP contribution in [-0.4, -0.2) is 46.7 Å². The van der Waals surface area contributed by atoms with Gasteiger partial charge in [0.05, 0.1) is 0 Å². The molecule has 0 aromatic carbocycles. The number of alkyl halides is 1. The molecule has 17 heavy (non-hydrogen) atoms. The van der Waals surface area contributed by atoms with Crippen LogP contribution < -0.4 is 0 Å². The van der Waals surface area contributed by atoms with Crippen LogP contribution in [0, 0.1) is 0 Å². The molecule has 0 aromatic heterocycles. The first kappa shape index (κ1) is 16.0. The summed E-state index contributed by atoms with van der Waals surface area (Å²) in [5.74, 6) is -1.56. The second-order valence-electron chi connectivity index (χ2n) is 3.15. The third-order valence-corrected chi connectivity index (χ3v) is 2.08. The van der Waals surface area contributed by atoms with Gasteiger partial charge in [0.15, 0.2) is 6.10 Å². The lowest BCUT2D eigenvalue weighted by Crippen LogP contribution is -2.43. The van der Waals surface area contributed by atoms with E-state index in [1.54, 1.807) is 0 Å². The number of ether oxygens (including phenoxy) is 2. The molecule has 0 rings (SSSR count). The number of hydrogen-bond acceptors (Lipinski definition) is 6. The van der Waals surface area contributed by atoms with Gasteiger partial charge < -0.3 is 14.6 Å². The predicted octanol–water partition coefficient (Wildman–Crippen LogP) is 0.102. The highest BCUT2D eigenvalue weighted by Gasteiger charge is 2.36. The van der Waals surface area contributed by atoms with Crippen molar-refractivity contribution >= 4 is 32.6 Å². The van der Waals surface area contributed by atoms with Crippen molar-refractivity contribution in [2.75, 3.05) is 6.61 Å². The molecule has 6 nitrogen and oxygen atoms in total. The predicted molar refractivity (Wildman–Crippen MR) is 57.0 cm³/mol. The summed E-state index contributed by atoms with van der Waals surface area (Å²) in [4.78, 5) is 31.9. The van der Waals surface area contributed by atoms with E-state index in [-0.39, 0.29) is 0 Å². The fraction of sp³-hybridized carbons (Fsp3) is 0.667. The monoisotopic (exact) mass is 314 g/mol. The normalized spacial score (nSPS) is 15.6. The highest BCUT2D eigenvalue weighted by atomic mass is 79.9. The summed E-state index contributed by atoms with van der Waals surface area (Å²) in [7, 11) is 0. The maximum absolute atomic E-state index is 13.4. The number of esters is 2. The highest BCUT2D eigenvalue weighted by molar-refractivity contribution is 9.18. The van der Waals surface area contributed by atoms with E-state index in [0.29, 0.717) is 0 Å². The number of hydrogen-bond donors (Lipinski definition) is 1. The van der Waals surface area contributed by atoms with E-state index in [2.05, 4.69) is 25.4 Å². The number of aliphatic hydroxyl groups excluding tert-OH is 1. The second kappa shape index (κ2) is 7.33. The lowest BCUT2D eigenvalue weighted by Gasteiger charge is -2.23. The van der Waals surface area contributed by atoms with Crippen molar-refractivity contribution in [2.24, 2.45) is 0 Å². The molecule has 0 radical (unpaired) electrons. The molecule has 0 fully saturated rings. The molecule has 0 aliphatic carbocycles. The summed E-state index contributed by atoms with van der Waals surface area (Å²) in [5, 5.41) is 9.46. The van der Waals surface area contributed by atoms with Gasteiger partial charge in [-0.3, -0.25) is 14.4 Å². The van der Waals surface area contributed by atoms with Crippen molar-refractivity contribution in [2.45, 2.75) is 32.2 Å². The molecule has 0 aliphatic rings. The summed E-state index contributed by atoms with van der Waals surface area (Å²) < 4.78 is 21.2. The molecule has 0 saturated carbocycles. The zero-order valence-electron chi connectivity index (χ0n) is 9.18. The Balaban J connectivity index is 4.60. The van der Waals surface area contributed by atoms with Crippen molar-refractivity contribution < 1.29 is 33.4 Å². The van der Waals surface area contributed by atoms with E-state index in [4.69, 9.17) is 0 Å². The minimum atomic E-state index is -2.25. The number of halogens is 2. The van der Waals surface area contributed by atoms with Crippen molar-refractivity contribution in [3.8, 4) is 0 Å². The second-order valence-corrected chi connectivity index (χ2v) is 3.93. The standard InChI is InChI=1S/C9H12BrFO6/c1-4(12)16-3-6(14)8(17-5(2)13)7(11)9(10)15/h6-8,14H,3H2,1-2H3/t6-,7+,8-/m1/s1. The topological polar surface area (TPSA) is 89.9 Å². The van der Waals surface area contributed by atoms with Crippen LogP contribution >= 0.6 is 15.9 Å². The first-order valence-corrected chi connectivity index (χ1v) is 5.37. The third-order valence-electron chi connectivity index (χ3n) is 1.64. The lowest BCUT2D eigenvalue weighted by atomic mass is 10.1. The van der Waals surface area contributed by atoms with Gasteiger partial charge in [-0.25, -0.2) is 4.39 Å². The maximum Gasteiger partial charge on any atom is 0.303 e. The minimum absolute atomic E-state index is 0.575. The Bertz CT molecular complexity index is 308. The van der Waals surface area contributed by atoms with Gasteiger partial charge >= 0.3 is 11.9 Å². The molecule has 0 heterocycles. The Labute approximate surface area is 105 Å². The molecular weight excluding hydrogens is 303 g/mol. The molecule has 0 bridgehead atoms. The zero-order chi connectivity index (χ0) is 13.6. The Kier molecular flexibility index (Phi) is 6.89. The van der Waals surface area contributed by atoms with Gasteiger partial charge in [0, 0.05) is 13.8 Å². The van der Waals surface area contributed by atoms with E-state index in [1.807, 2.05) is 0 Å². The van der Waals surface area contributed by atoms with Gasteiger partial charge in [0.2, 0.25) is 10.9 Å². The van der Waals surface area contributed by atoms with Gasteiger partial charge in [-0.1, -0.05) is 0 Å². The van der Waals surface area contributed by atoms with E-state index >= 15 is 0 Å². The van der Waals surface area contributed by atoms with E-state index in [9.17, 15) is 23.9 Å². The van der Waals surface area contributed by atoms with Crippen LogP contribution in [0.2, 0.25) is 0 Å². The minimum Gasteiger partial charge on any atom is -0.463 e. The highest BCUT2D eigenvalue weighted by Crippen LogP contribution is 2.14. The fourth-order valence-corrected chi connectivity index (χ4v) is 1.21. The molecule has 0 amide bonds. The number of carbonyl (C=O) groups is 3. The Morgan fingerprint density at radius 2 is 1.82 bits per heavy atom. The Morgan fingerprint density at radius 3 is 2.18 bits per heavy atom. The first-order valence-electron chi connectivity index (χ1n) is 4.57. The Morgan fingerprint density at radius 1 is 1.29 bits per heavy atom. The average molecular weight is 315 g/mol. The number of aliphatic hydroxyl groups is 1. The van der Waals surface area contributed by atoms with Gasteiger partial charge in [0.25, 0.3) is 0 Å². The molecule has 0 aliphatic heterocycles. The smallest absolute Gasteiger partial charge is 0.303 e. The van der Waals surface area contributed by atoms with Crippen LogP contribution in [0.25, 0.3) is 0 Å². The molecule has 0 aromatic rings. The average Bonchev–Trinajstić information content (AvgIpc) is 2.21. The van der Waals surface area contributed by atoms with E-state index in [0.717, 1.165) is 13.8 Å². The summed E-state index contributed by atoms with van der Waals surface area (Å²) in [6.45, 7) is 1.51. The van der Waals surface area contributed by atoms with Gasteiger partial charge in [-0.2, -0.15) is 0 Å². The van der Waals surface area contributed by atoms with E-state index in [1.165, 1.54) is 0 Å². The molecular formula is C9H12BrFO6. The van der Waals surface area contributed by atoms with Crippen molar-refractivity contribution in [3.63, 3.8) is 0 Å². The molecule has 0 spiro atoms. The van der Waals surface area contributed by atoms with Crippen molar-refractivity contribution in [1.82, 2.24) is 0 Å². The van der Waals surface area contributed by atoms with E-state index < -0.39 is 41.6 Å². The largest absolute Gasteiger partial charge is 0.463 e. The molecule has 0 unspecified atom stereocenters. The molecule has 98 valence electrons. The zero-order valence-corrected chi connectivity index (χ0v) is 10.8. The molecule has 0 saturated heterocycles. The van der Waals surface area contributed by atoms with Gasteiger partial charge in [-0.05, 0) is 15.9 Å². The Hall–Kier alpha value is -1.02. The molecule has 8 heteroatoms. The van der Waals surface area contributed by atoms with Crippen LogP contribution in [0.15, 0.2) is 0 Å². The summed E-state index contributed by atoms with van der Waals surface area (Å²) in [6, 6.07) is 0. The SMILES string of the molecule is CC(=O)OC[C@@H](O)[C@@H](OC(C)=O)[C@H](F)C(=O)Br. The summed E-state index contributed by atoms with van der Waals surface area (Å²) >= 11 is 2.35. The van der Waals surface area contributed by atoms with Crippen LogP contribution in [0.1, 0.15) is 13.8 Å². The van der Waals surface area contributed by atoms with Gasteiger partial charge in [-0.15, -0.1) is 0 Å². The summed E-state index contributed by atoms with van der Waals surface area (Å²) in [6.07, 6.45) is -5.59.